The van der Waals surface area contributed by atoms with Crippen LogP contribution in [0, 0.1) is 11.6 Å². The highest BCUT2D eigenvalue weighted by Gasteiger charge is 2.21. The minimum atomic E-state index is -0.842. The molecule has 1 aromatic heterocycles. The molecule has 1 amide bonds. The maximum Gasteiger partial charge on any atom is 0.221 e. The fourth-order valence-electron chi connectivity index (χ4n) is 5.26. The van der Waals surface area contributed by atoms with E-state index >= 15 is 0 Å². The highest BCUT2D eigenvalue weighted by atomic mass is 19.2. The molecule has 1 fully saturated rings. The molecule has 0 aliphatic carbocycles. The minimum absolute atomic E-state index is 0.0505. The number of nitrogens with one attached hydrogen (secondary N) is 2. The van der Waals surface area contributed by atoms with E-state index < -0.39 is 11.6 Å². The number of carbonyl (C=O) groups is 1. The van der Waals surface area contributed by atoms with E-state index in [0.717, 1.165) is 68.1 Å². The van der Waals surface area contributed by atoms with Crippen LogP contribution in [0.3, 0.4) is 0 Å². The van der Waals surface area contributed by atoms with E-state index in [4.69, 9.17) is 4.98 Å². The third-order valence-corrected chi connectivity index (χ3v) is 7.18. The monoisotopic (exact) mass is 517 g/mol. The lowest BCUT2D eigenvalue weighted by atomic mass is 9.89. The van der Waals surface area contributed by atoms with Gasteiger partial charge in [0.1, 0.15) is 0 Å². The summed E-state index contributed by atoms with van der Waals surface area (Å²) in [6.07, 6.45) is 3.17. The van der Waals surface area contributed by atoms with Gasteiger partial charge in [-0.1, -0.05) is 30.3 Å². The number of imidazole rings is 1. The highest BCUT2D eigenvalue weighted by molar-refractivity contribution is 5.88. The Morgan fingerprint density at radius 1 is 1.00 bits per heavy atom. The Balaban J connectivity index is 1.14. The molecule has 6 nitrogen and oxygen atoms in total. The SMILES string of the molecule is CC(=O)Nc1cccc(C2CCN(CCCNc3nc4ccccc4n3Cc3ccc(F)c(F)c3)CC2)c1. The van der Waals surface area contributed by atoms with Gasteiger partial charge in [-0.25, -0.2) is 13.8 Å². The zero-order valence-electron chi connectivity index (χ0n) is 21.6. The van der Waals surface area contributed by atoms with E-state index in [9.17, 15) is 13.6 Å². The number of anilines is 2. The normalized spacial score (nSPS) is 14.6. The molecule has 0 atom stereocenters. The summed E-state index contributed by atoms with van der Waals surface area (Å²) in [5.41, 5.74) is 4.64. The maximum atomic E-state index is 13.8. The van der Waals surface area contributed by atoms with Gasteiger partial charge in [0.05, 0.1) is 17.6 Å². The summed E-state index contributed by atoms with van der Waals surface area (Å²) in [5, 5.41) is 6.34. The third kappa shape index (κ3) is 6.19. The number of halogens is 2. The smallest absolute Gasteiger partial charge is 0.221 e. The van der Waals surface area contributed by atoms with Crippen molar-refractivity contribution in [2.75, 3.05) is 36.8 Å². The largest absolute Gasteiger partial charge is 0.356 e. The zero-order valence-corrected chi connectivity index (χ0v) is 21.6. The number of hydrogen-bond acceptors (Lipinski definition) is 4. The molecule has 0 radical (unpaired) electrons. The van der Waals surface area contributed by atoms with Gasteiger partial charge in [-0.2, -0.15) is 0 Å². The number of para-hydroxylation sites is 2. The van der Waals surface area contributed by atoms with Crippen LogP contribution < -0.4 is 10.6 Å². The van der Waals surface area contributed by atoms with Gasteiger partial charge in [-0.3, -0.25) is 4.79 Å². The lowest BCUT2D eigenvalue weighted by Crippen LogP contribution is -2.34. The second kappa shape index (κ2) is 11.7. The van der Waals surface area contributed by atoms with E-state index in [1.165, 1.54) is 24.6 Å². The molecule has 8 heteroatoms. The second-order valence-corrected chi connectivity index (χ2v) is 9.96. The van der Waals surface area contributed by atoms with Crippen LogP contribution in [0.1, 0.15) is 43.2 Å². The predicted octanol–water partition coefficient (Wildman–Crippen LogP) is 6.00. The van der Waals surface area contributed by atoms with Crippen LogP contribution in [-0.2, 0) is 11.3 Å². The summed E-state index contributed by atoms with van der Waals surface area (Å²) in [6.45, 7) is 5.78. The molecule has 2 heterocycles. The number of rotatable bonds is 9. The van der Waals surface area contributed by atoms with Crippen LogP contribution in [0.4, 0.5) is 20.4 Å². The van der Waals surface area contributed by atoms with Crippen molar-refractivity contribution < 1.29 is 13.6 Å². The van der Waals surface area contributed by atoms with Crippen molar-refractivity contribution in [3.63, 3.8) is 0 Å². The average Bonchev–Trinajstić information content (AvgIpc) is 3.26. The molecule has 4 aromatic rings. The fourth-order valence-corrected chi connectivity index (χ4v) is 5.26. The summed E-state index contributed by atoms with van der Waals surface area (Å²) in [7, 11) is 0. The molecule has 0 saturated carbocycles. The lowest BCUT2D eigenvalue weighted by Gasteiger charge is -2.32. The molecule has 1 aliphatic heterocycles. The van der Waals surface area contributed by atoms with E-state index in [1.54, 1.807) is 6.07 Å². The van der Waals surface area contributed by atoms with Crippen molar-refractivity contribution in [1.82, 2.24) is 14.5 Å². The van der Waals surface area contributed by atoms with Crippen LogP contribution in [0.25, 0.3) is 11.0 Å². The summed E-state index contributed by atoms with van der Waals surface area (Å²) >= 11 is 0. The number of hydrogen-bond donors (Lipinski definition) is 2. The molecular weight excluding hydrogens is 484 g/mol. The summed E-state index contributed by atoms with van der Waals surface area (Å²) < 4.78 is 29.2. The Morgan fingerprint density at radius 2 is 1.82 bits per heavy atom. The van der Waals surface area contributed by atoms with E-state index in [-0.39, 0.29) is 5.91 Å². The topological polar surface area (TPSA) is 62.2 Å². The first-order valence-corrected chi connectivity index (χ1v) is 13.2. The summed E-state index contributed by atoms with van der Waals surface area (Å²) in [4.78, 5) is 18.6. The number of piperidine rings is 1. The van der Waals surface area contributed by atoms with E-state index in [0.29, 0.717) is 18.0 Å². The molecule has 2 N–H and O–H groups in total. The number of fused-ring (bicyclic) bond motifs is 1. The summed E-state index contributed by atoms with van der Waals surface area (Å²) in [5.74, 6) is -0.496. The Kier molecular flexibility index (Phi) is 7.98. The van der Waals surface area contributed by atoms with Crippen molar-refractivity contribution in [2.24, 2.45) is 0 Å². The van der Waals surface area contributed by atoms with Crippen LogP contribution in [0.2, 0.25) is 0 Å². The molecule has 0 unspecified atom stereocenters. The Hall–Kier alpha value is -3.78. The number of carbonyl (C=O) groups excluding carboxylic acids is 1. The van der Waals surface area contributed by atoms with Gasteiger partial charge in [0.2, 0.25) is 11.9 Å². The number of aromatic nitrogens is 2. The highest BCUT2D eigenvalue weighted by Crippen LogP contribution is 2.29. The van der Waals surface area contributed by atoms with Crippen LogP contribution >= 0.6 is 0 Å². The molecule has 5 rings (SSSR count). The molecule has 1 saturated heterocycles. The van der Waals surface area contributed by atoms with Gasteiger partial charge in [0.25, 0.3) is 0 Å². The molecule has 1 aliphatic rings. The van der Waals surface area contributed by atoms with Gasteiger partial charge in [-0.15, -0.1) is 0 Å². The predicted molar refractivity (Wildman–Crippen MR) is 147 cm³/mol. The van der Waals surface area contributed by atoms with E-state index in [1.807, 2.05) is 41.0 Å². The van der Waals surface area contributed by atoms with Gasteiger partial charge < -0.3 is 20.1 Å². The molecule has 3 aromatic carbocycles. The van der Waals surface area contributed by atoms with Crippen LogP contribution in [0.5, 0.6) is 0 Å². The van der Waals surface area contributed by atoms with Crippen molar-refractivity contribution in [1.29, 1.82) is 0 Å². The van der Waals surface area contributed by atoms with Gasteiger partial charge in [0, 0.05) is 19.2 Å². The first-order chi connectivity index (χ1) is 18.5. The second-order valence-electron chi connectivity index (χ2n) is 9.96. The average molecular weight is 518 g/mol. The van der Waals surface area contributed by atoms with Gasteiger partial charge in [-0.05, 0) is 92.3 Å². The van der Waals surface area contributed by atoms with Crippen molar-refractivity contribution in [3.8, 4) is 0 Å². The number of amides is 1. The van der Waals surface area contributed by atoms with Crippen molar-refractivity contribution in [2.45, 2.75) is 38.6 Å². The first-order valence-electron chi connectivity index (χ1n) is 13.2. The van der Waals surface area contributed by atoms with Crippen molar-refractivity contribution >= 4 is 28.6 Å². The standard InChI is InChI=1S/C30H33F2N5O/c1-21(38)34-25-7-4-6-24(19-25)23-12-16-36(17-13-23)15-5-14-33-30-35-28-8-2-3-9-29(28)37(30)20-22-10-11-26(31)27(32)18-22/h2-4,6-11,18-19,23H,5,12-17,20H2,1H3,(H,33,35)(H,34,38). The minimum Gasteiger partial charge on any atom is -0.356 e. The molecular formula is C30H33F2N5O. The Labute approximate surface area is 221 Å². The van der Waals surface area contributed by atoms with Crippen LogP contribution in [0.15, 0.2) is 66.7 Å². The number of likely N-dealkylation sites (tertiary alicyclic amines) is 1. The number of benzene rings is 3. The molecule has 0 spiro atoms. The Bertz CT molecular complexity index is 1410. The number of nitrogens with zero attached hydrogens (tertiary/aromatic N) is 3. The lowest BCUT2D eigenvalue weighted by molar-refractivity contribution is -0.114. The summed E-state index contributed by atoms with van der Waals surface area (Å²) in [6, 6.07) is 20.1. The molecule has 198 valence electrons. The molecule has 38 heavy (non-hydrogen) atoms. The van der Waals surface area contributed by atoms with Gasteiger partial charge in [0.15, 0.2) is 11.6 Å². The third-order valence-electron chi connectivity index (χ3n) is 7.18. The first kappa shape index (κ1) is 25.9. The zero-order chi connectivity index (χ0) is 26.5. The Morgan fingerprint density at radius 3 is 2.61 bits per heavy atom. The molecule has 0 bridgehead atoms. The van der Waals surface area contributed by atoms with E-state index in [2.05, 4.69) is 27.7 Å². The maximum absolute atomic E-state index is 13.8. The quantitative estimate of drug-likeness (QED) is 0.267. The van der Waals surface area contributed by atoms with Crippen molar-refractivity contribution in [3.05, 3.63) is 89.5 Å². The van der Waals surface area contributed by atoms with Crippen LogP contribution in [-0.4, -0.2) is 46.5 Å². The van der Waals surface area contributed by atoms with Gasteiger partial charge >= 0.3 is 0 Å². The fraction of sp³-hybridized carbons (Fsp3) is 0.333.